The van der Waals surface area contributed by atoms with E-state index in [1.54, 1.807) is 0 Å². The van der Waals surface area contributed by atoms with Crippen LogP contribution in [-0.4, -0.2) is 28.2 Å². The summed E-state index contributed by atoms with van der Waals surface area (Å²) >= 11 is 0. The number of amides is 1. The molecule has 0 aliphatic carbocycles. The van der Waals surface area contributed by atoms with Crippen molar-refractivity contribution in [2.45, 2.75) is 12.1 Å². The van der Waals surface area contributed by atoms with E-state index in [1.165, 1.54) is 17.1 Å². The Hall–Kier alpha value is -1.09. The predicted molar refractivity (Wildman–Crippen MR) is 39.6 cm³/mol. The lowest BCUT2D eigenvalue weighted by atomic mass is 10.1. The van der Waals surface area contributed by atoms with Crippen LogP contribution >= 0.6 is 0 Å². The molecule has 2 heterocycles. The Morgan fingerprint density at radius 1 is 1.73 bits per heavy atom. The monoisotopic (exact) mass is 151 g/mol. The molecule has 0 bridgehead atoms. The summed E-state index contributed by atoms with van der Waals surface area (Å²) in [5.74, 6) is -0.119. The van der Waals surface area contributed by atoms with Gasteiger partial charge in [0.25, 0.3) is 0 Å². The average Bonchev–Trinajstić information content (AvgIpc) is 2.32. The Morgan fingerprint density at radius 3 is 3.09 bits per heavy atom. The van der Waals surface area contributed by atoms with E-state index < -0.39 is 5.72 Å². The summed E-state index contributed by atoms with van der Waals surface area (Å²) < 4.78 is 0. The molecule has 11 heavy (non-hydrogen) atoms. The minimum Gasteiger partial charge on any atom is -0.367 e. The van der Waals surface area contributed by atoms with Crippen LogP contribution in [0, 0.1) is 0 Å². The van der Waals surface area contributed by atoms with Crippen molar-refractivity contribution in [1.82, 2.24) is 4.90 Å². The van der Waals surface area contributed by atoms with Crippen molar-refractivity contribution >= 4 is 5.91 Å². The van der Waals surface area contributed by atoms with Gasteiger partial charge in [0.2, 0.25) is 5.91 Å². The molecule has 1 saturated heterocycles. The van der Waals surface area contributed by atoms with E-state index in [-0.39, 0.29) is 5.91 Å². The summed E-state index contributed by atoms with van der Waals surface area (Å²) in [5.41, 5.74) is -0.140. The van der Waals surface area contributed by atoms with Gasteiger partial charge >= 0.3 is 0 Å². The van der Waals surface area contributed by atoms with E-state index in [1.807, 2.05) is 0 Å². The van der Waals surface area contributed by atoms with E-state index in [0.717, 1.165) is 5.57 Å². The second kappa shape index (κ2) is 1.74. The van der Waals surface area contributed by atoms with E-state index >= 15 is 0 Å². The minimum absolute atomic E-state index is 0.119. The topological polar surface area (TPSA) is 40.5 Å². The highest BCUT2D eigenvalue weighted by Crippen LogP contribution is 2.34. The highest BCUT2D eigenvalue weighted by atomic mass is 16.3. The lowest BCUT2D eigenvalue weighted by Crippen LogP contribution is -2.40. The molecule has 1 N–H and O–H groups in total. The van der Waals surface area contributed by atoms with Gasteiger partial charge in [0.1, 0.15) is 0 Å². The number of nitrogens with zero attached hydrogens (tertiary/aromatic N) is 1. The normalized spacial score (nSPS) is 35.2. The fourth-order valence-electron chi connectivity index (χ4n) is 1.59. The summed E-state index contributed by atoms with van der Waals surface area (Å²) in [5, 5.41) is 9.73. The van der Waals surface area contributed by atoms with Gasteiger partial charge in [-0.2, -0.15) is 0 Å². The molecule has 3 nitrogen and oxygen atoms in total. The number of carbonyl (C=O) groups excluding carboxylic acids is 1. The zero-order valence-corrected chi connectivity index (χ0v) is 6.08. The first-order chi connectivity index (χ1) is 5.12. The van der Waals surface area contributed by atoms with Crippen molar-refractivity contribution in [2.75, 3.05) is 6.54 Å². The van der Waals surface area contributed by atoms with Gasteiger partial charge in [0.15, 0.2) is 5.72 Å². The van der Waals surface area contributed by atoms with E-state index in [2.05, 4.69) is 6.58 Å². The summed E-state index contributed by atoms with van der Waals surface area (Å²) in [6, 6.07) is 0. The molecule has 0 radical (unpaired) electrons. The molecule has 0 aromatic heterocycles. The molecule has 1 amide bonds. The van der Waals surface area contributed by atoms with Gasteiger partial charge in [-0.3, -0.25) is 4.79 Å². The number of rotatable bonds is 0. The fourth-order valence-corrected chi connectivity index (χ4v) is 1.59. The van der Waals surface area contributed by atoms with Gasteiger partial charge in [-0.05, 0) is 6.08 Å². The van der Waals surface area contributed by atoms with Crippen molar-refractivity contribution < 1.29 is 9.90 Å². The molecule has 0 aromatic rings. The minimum atomic E-state index is -1.05. The van der Waals surface area contributed by atoms with Crippen LogP contribution in [0.2, 0.25) is 0 Å². The van der Waals surface area contributed by atoms with Crippen LogP contribution in [-0.2, 0) is 4.79 Å². The van der Waals surface area contributed by atoms with Gasteiger partial charge in [-0.25, -0.2) is 0 Å². The second-order valence-corrected chi connectivity index (χ2v) is 3.06. The van der Waals surface area contributed by atoms with E-state index in [4.69, 9.17) is 0 Å². The molecule has 0 aromatic carbocycles. The maximum atomic E-state index is 11.0. The molecular weight excluding hydrogens is 142 g/mol. The predicted octanol–water partition coefficient (Wildman–Crippen LogP) is 0.0333. The number of aliphatic hydroxyl groups is 1. The molecule has 1 fully saturated rings. The highest BCUT2D eigenvalue weighted by molar-refractivity contribution is 5.92. The van der Waals surface area contributed by atoms with Crippen molar-refractivity contribution in [2.24, 2.45) is 0 Å². The summed E-state index contributed by atoms with van der Waals surface area (Å²) in [4.78, 5) is 12.5. The first-order valence-electron chi connectivity index (χ1n) is 3.52. The Labute approximate surface area is 64.6 Å². The van der Waals surface area contributed by atoms with Crippen LogP contribution in [0.25, 0.3) is 0 Å². The van der Waals surface area contributed by atoms with Crippen LogP contribution in [0.1, 0.15) is 6.42 Å². The SMILES string of the molecule is C=C1CN2C(=O)C=C[C@]2(O)C1. The lowest BCUT2D eigenvalue weighted by molar-refractivity contribution is -0.135. The van der Waals surface area contributed by atoms with Crippen molar-refractivity contribution in [3.8, 4) is 0 Å². The van der Waals surface area contributed by atoms with Gasteiger partial charge in [0.05, 0.1) is 0 Å². The maximum absolute atomic E-state index is 11.0. The first kappa shape index (κ1) is 6.61. The lowest BCUT2D eigenvalue weighted by Gasteiger charge is -2.23. The number of hydrogen-bond donors (Lipinski definition) is 1. The Morgan fingerprint density at radius 2 is 2.45 bits per heavy atom. The van der Waals surface area contributed by atoms with Crippen LogP contribution in [0.5, 0.6) is 0 Å². The molecule has 0 unspecified atom stereocenters. The molecule has 1 atom stereocenters. The van der Waals surface area contributed by atoms with Gasteiger partial charge in [-0.1, -0.05) is 12.2 Å². The third-order valence-corrected chi connectivity index (χ3v) is 2.12. The Kier molecular flexibility index (Phi) is 1.04. The van der Waals surface area contributed by atoms with Crippen LogP contribution in [0.4, 0.5) is 0 Å². The van der Waals surface area contributed by atoms with Crippen molar-refractivity contribution in [3.63, 3.8) is 0 Å². The second-order valence-electron chi connectivity index (χ2n) is 3.06. The third-order valence-electron chi connectivity index (χ3n) is 2.12. The number of fused-ring (bicyclic) bond motifs is 1. The highest BCUT2D eigenvalue weighted by Gasteiger charge is 2.44. The summed E-state index contributed by atoms with van der Waals surface area (Å²) in [6.07, 6.45) is 3.43. The number of carbonyl (C=O) groups is 1. The molecule has 58 valence electrons. The third kappa shape index (κ3) is 0.744. The molecule has 2 aliphatic rings. The van der Waals surface area contributed by atoms with E-state index in [0.29, 0.717) is 13.0 Å². The quantitative estimate of drug-likeness (QED) is 0.496. The Balaban J connectivity index is 2.38. The molecule has 2 aliphatic heterocycles. The zero-order valence-electron chi connectivity index (χ0n) is 6.08. The van der Waals surface area contributed by atoms with Crippen LogP contribution in [0.3, 0.4) is 0 Å². The van der Waals surface area contributed by atoms with Crippen molar-refractivity contribution in [3.05, 3.63) is 24.3 Å². The van der Waals surface area contributed by atoms with E-state index in [9.17, 15) is 9.90 Å². The largest absolute Gasteiger partial charge is 0.367 e. The fraction of sp³-hybridized carbons (Fsp3) is 0.375. The Bertz CT molecular complexity index is 269. The average molecular weight is 151 g/mol. The summed E-state index contributed by atoms with van der Waals surface area (Å²) in [6.45, 7) is 4.22. The molecule has 0 saturated carbocycles. The van der Waals surface area contributed by atoms with Crippen LogP contribution < -0.4 is 0 Å². The van der Waals surface area contributed by atoms with Gasteiger partial charge in [0, 0.05) is 19.0 Å². The first-order valence-corrected chi connectivity index (χ1v) is 3.52. The molecule has 2 rings (SSSR count). The smallest absolute Gasteiger partial charge is 0.249 e. The van der Waals surface area contributed by atoms with Gasteiger partial charge in [-0.15, -0.1) is 0 Å². The van der Waals surface area contributed by atoms with Crippen molar-refractivity contribution in [1.29, 1.82) is 0 Å². The molecule has 3 heteroatoms. The molecule has 0 spiro atoms. The zero-order chi connectivity index (χ0) is 8.06. The van der Waals surface area contributed by atoms with Gasteiger partial charge < -0.3 is 10.0 Å². The maximum Gasteiger partial charge on any atom is 0.249 e. The van der Waals surface area contributed by atoms with Crippen LogP contribution in [0.15, 0.2) is 24.3 Å². The standard InChI is InChI=1S/C8H9NO2/c1-6-4-8(11)3-2-7(10)9(8)5-6/h2-3,11H,1,4-5H2/t8-/m0/s1. The number of hydrogen-bond acceptors (Lipinski definition) is 2. The molecular formula is C8H9NO2. The summed E-state index contributed by atoms with van der Waals surface area (Å²) in [7, 11) is 0.